The van der Waals surface area contributed by atoms with Crippen molar-refractivity contribution in [3.63, 3.8) is 0 Å². The summed E-state index contributed by atoms with van der Waals surface area (Å²) >= 11 is 0. The first-order valence-electron chi connectivity index (χ1n) is 12.8. The number of aliphatic hydroxyl groups excluding tert-OH is 3. The smallest absolute Gasteiger partial charge is 0.493 e. The Morgan fingerprint density at radius 3 is 2.40 bits per heavy atom. The number of carbonyl (C=O) groups is 1. The predicted octanol–water partition coefficient (Wildman–Crippen LogP) is 2.23. The fourth-order valence-electron chi connectivity index (χ4n) is 5.21. The maximum absolute atomic E-state index is 12.6. The number of anilines is 1. The van der Waals surface area contributed by atoms with E-state index in [4.69, 9.17) is 9.47 Å². The number of rotatable bonds is 9. The number of aromatic nitrogens is 1. The molecule has 1 amide bonds. The molecule has 10 nitrogen and oxygen atoms in total. The molecule has 0 bridgehead atoms. The number of aliphatic hydroxyl groups is 3. The standard InChI is InChI=1S/C27H34F3N3O7/c1-15-21(40-27(28,29)30)7-8-24(31-15)32-10-18(11-32)39-23-9-17(5-6-22(23)38-4)19-12-33(25(37)20(36)13-34)14-26(19,3)16(2)35/h5-9,16,18-20,34-36H,10-14H2,1-4H3/t16-,19+,20?,26+/m1/s1. The minimum absolute atomic E-state index is 0.116. The van der Waals surface area contributed by atoms with E-state index < -0.39 is 36.5 Å². The summed E-state index contributed by atoms with van der Waals surface area (Å²) in [6.45, 7) is 5.59. The third-order valence-electron chi connectivity index (χ3n) is 7.76. The third kappa shape index (κ3) is 6.06. The number of amides is 1. The number of hydrogen-bond acceptors (Lipinski definition) is 9. The molecule has 2 aliphatic rings. The highest BCUT2D eigenvalue weighted by Crippen LogP contribution is 2.47. The van der Waals surface area contributed by atoms with Crippen molar-refractivity contribution in [2.45, 2.75) is 51.4 Å². The Balaban J connectivity index is 1.48. The van der Waals surface area contributed by atoms with Gasteiger partial charge in [0.1, 0.15) is 11.9 Å². The van der Waals surface area contributed by atoms with E-state index in [0.717, 1.165) is 5.56 Å². The number of halogens is 3. The number of alkyl halides is 3. The Morgan fingerprint density at radius 1 is 1.15 bits per heavy atom. The monoisotopic (exact) mass is 569 g/mol. The van der Waals surface area contributed by atoms with Crippen molar-refractivity contribution in [1.82, 2.24) is 9.88 Å². The van der Waals surface area contributed by atoms with E-state index in [1.807, 2.05) is 24.0 Å². The van der Waals surface area contributed by atoms with Crippen LogP contribution in [0.15, 0.2) is 30.3 Å². The van der Waals surface area contributed by atoms with E-state index >= 15 is 0 Å². The summed E-state index contributed by atoms with van der Waals surface area (Å²) in [6, 6.07) is 8.11. The summed E-state index contributed by atoms with van der Waals surface area (Å²) in [6.07, 6.45) is -7.35. The van der Waals surface area contributed by atoms with Gasteiger partial charge in [0.15, 0.2) is 23.4 Å². The average molecular weight is 570 g/mol. The predicted molar refractivity (Wildman–Crippen MR) is 137 cm³/mol. The Labute approximate surface area is 229 Å². The Morgan fingerprint density at radius 2 is 1.82 bits per heavy atom. The lowest BCUT2D eigenvalue weighted by atomic mass is 9.72. The van der Waals surface area contributed by atoms with Crippen molar-refractivity contribution >= 4 is 11.7 Å². The number of aryl methyl sites for hydroxylation is 1. The highest BCUT2D eigenvalue weighted by molar-refractivity contribution is 5.81. The molecule has 40 heavy (non-hydrogen) atoms. The molecule has 0 radical (unpaired) electrons. The number of benzene rings is 1. The van der Waals surface area contributed by atoms with Gasteiger partial charge < -0.3 is 39.3 Å². The number of methoxy groups -OCH3 is 1. The van der Waals surface area contributed by atoms with E-state index in [1.54, 1.807) is 13.0 Å². The van der Waals surface area contributed by atoms with Gasteiger partial charge in [-0.3, -0.25) is 4.79 Å². The van der Waals surface area contributed by atoms with E-state index in [2.05, 4.69) is 9.72 Å². The first kappa shape index (κ1) is 29.7. The maximum Gasteiger partial charge on any atom is 0.573 e. The van der Waals surface area contributed by atoms with E-state index in [9.17, 15) is 33.3 Å². The number of likely N-dealkylation sites (tertiary alicyclic amines) is 1. The second kappa shape index (κ2) is 11.3. The van der Waals surface area contributed by atoms with Crippen molar-refractivity contribution in [3.8, 4) is 17.2 Å². The van der Waals surface area contributed by atoms with Crippen LogP contribution in [0.4, 0.5) is 19.0 Å². The van der Waals surface area contributed by atoms with Crippen molar-refractivity contribution < 1.29 is 47.5 Å². The molecule has 2 fully saturated rings. The lowest BCUT2D eigenvalue weighted by molar-refractivity contribution is -0.275. The van der Waals surface area contributed by atoms with Crippen LogP contribution in [0.3, 0.4) is 0 Å². The van der Waals surface area contributed by atoms with Crippen LogP contribution < -0.4 is 19.1 Å². The van der Waals surface area contributed by atoms with Crippen molar-refractivity contribution in [2.24, 2.45) is 5.41 Å². The van der Waals surface area contributed by atoms with Gasteiger partial charge in [-0.2, -0.15) is 0 Å². The molecule has 3 heterocycles. The first-order chi connectivity index (χ1) is 18.8. The van der Waals surface area contributed by atoms with Crippen LogP contribution in [-0.4, -0.2) is 95.7 Å². The van der Waals surface area contributed by atoms with Gasteiger partial charge in [0.25, 0.3) is 5.91 Å². The zero-order chi connectivity index (χ0) is 29.4. The van der Waals surface area contributed by atoms with Gasteiger partial charge in [0.2, 0.25) is 0 Å². The summed E-state index contributed by atoms with van der Waals surface area (Å²) in [5.74, 6) is 0.215. The topological polar surface area (TPSA) is 125 Å². The maximum atomic E-state index is 12.6. The Hall–Kier alpha value is -3.29. The molecule has 0 spiro atoms. The van der Waals surface area contributed by atoms with Gasteiger partial charge in [-0.1, -0.05) is 13.0 Å². The van der Waals surface area contributed by atoms with Gasteiger partial charge in [0.05, 0.1) is 38.6 Å². The molecule has 1 aromatic carbocycles. The summed E-state index contributed by atoms with van der Waals surface area (Å²) in [5.41, 5.74) is 0.196. The van der Waals surface area contributed by atoms with Crippen molar-refractivity contribution in [3.05, 3.63) is 41.6 Å². The zero-order valence-corrected chi connectivity index (χ0v) is 22.7. The molecule has 1 aromatic heterocycles. The van der Waals surface area contributed by atoms with E-state index in [0.29, 0.717) is 30.4 Å². The number of hydrogen-bond donors (Lipinski definition) is 3. The second-order valence-corrected chi connectivity index (χ2v) is 10.5. The van der Waals surface area contributed by atoms with Gasteiger partial charge in [-0.25, -0.2) is 4.98 Å². The Kier molecular flexibility index (Phi) is 8.38. The lowest BCUT2D eigenvalue weighted by Gasteiger charge is -2.40. The zero-order valence-electron chi connectivity index (χ0n) is 22.7. The molecule has 13 heteroatoms. The largest absolute Gasteiger partial charge is 0.573 e. The van der Waals surface area contributed by atoms with Gasteiger partial charge >= 0.3 is 6.36 Å². The normalized spacial score (nSPS) is 23.0. The van der Waals surface area contributed by atoms with Crippen molar-refractivity contribution in [2.75, 3.05) is 44.8 Å². The van der Waals surface area contributed by atoms with Crippen LogP contribution >= 0.6 is 0 Å². The minimum Gasteiger partial charge on any atom is -0.493 e. The lowest BCUT2D eigenvalue weighted by Crippen LogP contribution is -2.54. The van der Waals surface area contributed by atoms with Crippen LogP contribution in [0.25, 0.3) is 0 Å². The molecule has 4 rings (SSSR count). The first-order valence-corrected chi connectivity index (χ1v) is 12.8. The number of nitrogens with zero attached hydrogens (tertiary/aromatic N) is 3. The van der Waals surface area contributed by atoms with E-state index in [-0.39, 0.29) is 36.6 Å². The quantitative estimate of drug-likeness (QED) is 0.417. The molecule has 2 saturated heterocycles. The van der Waals surface area contributed by atoms with Gasteiger partial charge in [0, 0.05) is 24.4 Å². The fourth-order valence-corrected chi connectivity index (χ4v) is 5.21. The average Bonchev–Trinajstić information content (AvgIpc) is 3.24. The molecule has 4 atom stereocenters. The summed E-state index contributed by atoms with van der Waals surface area (Å²) < 4.78 is 53.3. The molecule has 220 valence electrons. The minimum atomic E-state index is -4.79. The highest BCUT2D eigenvalue weighted by Gasteiger charge is 2.49. The summed E-state index contributed by atoms with van der Waals surface area (Å²) in [7, 11) is 1.51. The molecule has 2 aliphatic heterocycles. The summed E-state index contributed by atoms with van der Waals surface area (Å²) in [5, 5.41) is 29.7. The molecule has 2 aromatic rings. The van der Waals surface area contributed by atoms with E-state index in [1.165, 1.54) is 31.1 Å². The van der Waals surface area contributed by atoms with Crippen LogP contribution in [0.1, 0.15) is 31.0 Å². The van der Waals surface area contributed by atoms with Gasteiger partial charge in [-0.15, -0.1) is 13.2 Å². The molecule has 3 N–H and O–H groups in total. The van der Waals surface area contributed by atoms with Crippen LogP contribution in [0.5, 0.6) is 17.2 Å². The second-order valence-electron chi connectivity index (χ2n) is 10.5. The molecule has 1 unspecified atom stereocenters. The summed E-state index contributed by atoms with van der Waals surface area (Å²) in [4.78, 5) is 20.1. The number of carbonyl (C=O) groups excluding carboxylic acids is 1. The molecule has 0 aliphatic carbocycles. The van der Waals surface area contributed by atoms with Crippen LogP contribution in [0, 0.1) is 12.3 Å². The molecule has 0 saturated carbocycles. The van der Waals surface area contributed by atoms with Gasteiger partial charge in [-0.05, 0) is 43.7 Å². The van der Waals surface area contributed by atoms with Crippen LogP contribution in [0.2, 0.25) is 0 Å². The fraction of sp³-hybridized carbons (Fsp3) is 0.556. The SMILES string of the molecule is COc1ccc([C@@H]2CN(C(=O)C(O)CO)C[C@@]2(C)[C@@H](C)O)cc1OC1CN(c2ccc(OC(F)(F)F)c(C)n2)C1. The Bertz CT molecular complexity index is 1220. The third-order valence-corrected chi connectivity index (χ3v) is 7.76. The van der Waals surface area contributed by atoms with Crippen LogP contribution in [-0.2, 0) is 4.79 Å². The molecular weight excluding hydrogens is 535 g/mol. The molecular formula is C27H34F3N3O7. The number of ether oxygens (including phenoxy) is 3. The number of pyridine rings is 1. The highest BCUT2D eigenvalue weighted by atomic mass is 19.4. The van der Waals surface area contributed by atoms with Crippen molar-refractivity contribution in [1.29, 1.82) is 0 Å².